The molecule has 212 valence electrons. The van der Waals surface area contributed by atoms with Gasteiger partial charge in [0.1, 0.15) is 47.1 Å². The van der Waals surface area contributed by atoms with E-state index in [1.807, 2.05) is 26.0 Å². The number of carbonyl (C=O) groups excluding carboxylic acids is 1. The highest BCUT2D eigenvalue weighted by molar-refractivity contribution is 6.32. The van der Waals surface area contributed by atoms with Gasteiger partial charge in [-0.3, -0.25) is 0 Å². The topological polar surface area (TPSA) is 104 Å². The molecule has 2 N–H and O–H groups in total. The van der Waals surface area contributed by atoms with Crippen LogP contribution in [0.1, 0.15) is 33.7 Å². The predicted octanol–water partition coefficient (Wildman–Crippen LogP) is 6.88. The Labute approximate surface area is 247 Å². The van der Waals surface area contributed by atoms with E-state index in [1.165, 1.54) is 12.1 Å². The maximum absolute atomic E-state index is 13.1. The molecule has 1 aliphatic heterocycles. The highest BCUT2D eigenvalue weighted by atomic mass is 35.5. The van der Waals surface area contributed by atoms with Crippen LogP contribution in [0.15, 0.2) is 90.3 Å². The van der Waals surface area contributed by atoms with Crippen LogP contribution in [0.5, 0.6) is 23.0 Å². The zero-order valence-electron chi connectivity index (χ0n) is 22.8. The van der Waals surface area contributed by atoms with Gasteiger partial charge in [0.25, 0.3) is 0 Å². The first kappa shape index (κ1) is 28.5. The second-order valence-corrected chi connectivity index (χ2v) is 10.1. The van der Waals surface area contributed by atoms with Crippen molar-refractivity contribution in [1.29, 1.82) is 5.26 Å². The largest absolute Gasteiger partial charge is 0.489 e. The van der Waals surface area contributed by atoms with Crippen molar-refractivity contribution in [3.63, 3.8) is 0 Å². The van der Waals surface area contributed by atoms with Crippen LogP contribution in [0.25, 0.3) is 0 Å². The lowest BCUT2D eigenvalue weighted by Gasteiger charge is -2.26. The van der Waals surface area contributed by atoms with Crippen LogP contribution in [0.4, 0.5) is 4.39 Å². The fourth-order valence-electron chi connectivity index (χ4n) is 4.64. The number of hydrogen-bond acceptors (Lipinski definition) is 7. The van der Waals surface area contributed by atoms with E-state index in [1.54, 1.807) is 54.6 Å². The smallest absolute Gasteiger partial charge is 0.349 e. The summed E-state index contributed by atoms with van der Waals surface area (Å²) in [5.41, 5.74) is 10.4. The zero-order chi connectivity index (χ0) is 29.8. The first-order valence-corrected chi connectivity index (χ1v) is 13.4. The normalized spacial score (nSPS) is 13.9. The van der Waals surface area contributed by atoms with Crippen LogP contribution in [0.3, 0.4) is 0 Å². The summed E-state index contributed by atoms with van der Waals surface area (Å²) in [6, 6.07) is 23.9. The molecule has 4 aromatic rings. The third kappa shape index (κ3) is 6.32. The molecule has 0 aliphatic carbocycles. The monoisotopic (exact) mass is 584 g/mol. The Kier molecular flexibility index (Phi) is 8.32. The van der Waals surface area contributed by atoms with Crippen molar-refractivity contribution in [2.45, 2.75) is 26.4 Å². The third-order valence-electron chi connectivity index (χ3n) is 6.72. The molecule has 5 rings (SSSR count). The summed E-state index contributed by atoms with van der Waals surface area (Å²) >= 11 is 6.20. The molecule has 0 spiro atoms. The maximum Gasteiger partial charge on any atom is 0.349 e. The lowest BCUT2D eigenvalue weighted by Crippen LogP contribution is -2.21. The first-order valence-electron chi connectivity index (χ1n) is 13.0. The second-order valence-electron chi connectivity index (χ2n) is 9.74. The average Bonchev–Trinajstić information content (AvgIpc) is 2.98. The standard InChI is InChI=1S/C33H26ClFN2O5/c1-19-13-26(14-20(2)32(19)34)40-18-30(38)41-25-11-12-27-29(15-25)42-33(37)28(16-36)31(27)22-5-9-24(10-6-22)39-17-21-3-7-23(35)8-4-21/h3-15,31H,17-18,37H2,1-2H3. The van der Waals surface area contributed by atoms with Gasteiger partial charge in [0.15, 0.2) is 6.61 Å². The number of nitrogens with zero attached hydrogens (tertiary/aromatic N) is 1. The maximum atomic E-state index is 13.1. The minimum absolute atomic E-state index is 0.0353. The second kappa shape index (κ2) is 12.2. The van der Waals surface area contributed by atoms with E-state index in [9.17, 15) is 14.4 Å². The molecule has 9 heteroatoms. The van der Waals surface area contributed by atoms with Crippen LogP contribution in [0.2, 0.25) is 5.02 Å². The molecule has 0 radical (unpaired) electrons. The Bertz CT molecular complexity index is 1690. The number of fused-ring (bicyclic) bond motifs is 1. The van der Waals surface area contributed by atoms with Crippen molar-refractivity contribution in [1.82, 2.24) is 0 Å². The number of aryl methyl sites for hydroxylation is 2. The summed E-state index contributed by atoms with van der Waals surface area (Å²) in [6.45, 7) is 3.69. The minimum Gasteiger partial charge on any atom is -0.489 e. The fraction of sp³-hybridized carbons (Fsp3) is 0.152. The van der Waals surface area contributed by atoms with Crippen molar-refractivity contribution in [2.24, 2.45) is 5.73 Å². The van der Waals surface area contributed by atoms with Gasteiger partial charge in [-0.25, -0.2) is 9.18 Å². The van der Waals surface area contributed by atoms with E-state index in [4.69, 9.17) is 36.3 Å². The summed E-state index contributed by atoms with van der Waals surface area (Å²) in [6.07, 6.45) is 0. The molecule has 1 heterocycles. The Morgan fingerprint density at radius 3 is 2.29 bits per heavy atom. The fourth-order valence-corrected chi connectivity index (χ4v) is 4.75. The van der Waals surface area contributed by atoms with Crippen LogP contribution >= 0.6 is 11.6 Å². The van der Waals surface area contributed by atoms with Crippen molar-refractivity contribution >= 4 is 17.6 Å². The first-order chi connectivity index (χ1) is 20.2. The predicted molar refractivity (Wildman–Crippen MR) is 155 cm³/mol. The molecule has 4 aromatic carbocycles. The van der Waals surface area contributed by atoms with Gasteiger partial charge in [0.05, 0.1) is 5.92 Å². The Morgan fingerprint density at radius 1 is 0.952 bits per heavy atom. The van der Waals surface area contributed by atoms with Crippen molar-refractivity contribution in [3.8, 4) is 29.1 Å². The van der Waals surface area contributed by atoms with Gasteiger partial charge in [-0.2, -0.15) is 5.26 Å². The number of hydrogen-bond donors (Lipinski definition) is 1. The molecule has 1 aliphatic rings. The van der Waals surface area contributed by atoms with Gasteiger partial charge in [0, 0.05) is 16.7 Å². The number of nitrogens with two attached hydrogens (primary N) is 1. The molecule has 0 fully saturated rings. The molecule has 0 saturated heterocycles. The van der Waals surface area contributed by atoms with E-state index >= 15 is 0 Å². The molecule has 1 unspecified atom stereocenters. The summed E-state index contributed by atoms with van der Waals surface area (Å²) < 4.78 is 35.8. The molecule has 0 saturated carbocycles. The Balaban J connectivity index is 1.29. The highest BCUT2D eigenvalue weighted by Crippen LogP contribution is 2.43. The van der Waals surface area contributed by atoms with Gasteiger partial charge in [-0.1, -0.05) is 41.9 Å². The van der Waals surface area contributed by atoms with Crippen LogP contribution in [0, 0.1) is 31.0 Å². The number of benzene rings is 4. The van der Waals surface area contributed by atoms with Gasteiger partial charge in [-0.05, 0) is 78.6 Å². The van der Waals surface area contributed by atoms with E-state index in [-0.39, 0.29) is 36.2 Å². The Morgan fingerprint density at radius 2 is 1.62 bits per heavy atom. The summed E-state index contributed by atoms with van der Waals surface area (Å²) in [5.74, 6) is 0.270. The van der Waals surface area contributed by atoms with Crippen LogP contribution in [-0.2, 0) is 11.4 Å². The number of halogens is 2. The van der Waals surface area contributed by atoms with Gasteiger partial charge in [-0.15, -0.1) is 0 Å². The lowest BCUT2D eigenvalue weighted by atomic mass is 9.83. The van der Waals surface area contributed by atoms with Crippen LogP contribution in [-0.4, -0.2) is 12.6 Å². The number of rotatable bonds is 8. The number of allylic oxidation sites excluding steroid dienone is 1. The molecular formula is C33H26ClFN2O5. The minimum atomic E-state index is -0.606. The zero-order valence-corrected chi connectivity index (χ0v) is 23.6. The molecular weight excluding hydrogens is 559 g/mol. The quantitative estimate of drug-likeness (QED) is 0.178. The van der Waals surface area contributed by atoms with E-state index in [0.717, 1.165) is 22.3 Å². The summed E-state index contributed by atoms with van der Waals surface area (Å²) in [7, 11) is 0. The van der Waals surface area contributed by atoms with Gasteiger partial charge >= 0.3 is 5.97 Å². The third-order valence-corrected chi connectivity index (χ3v) is 7.32. The van der Waals surface area contributed by atoms with Crippen molar-refractivity contribution in [2.75, 3.05) is 6.61 Å². The number of nitriles is 1. The van der Waals surface area contributed by atoms with E-state index < -0.39 is 11.9 Å². The molecule has 0 amide bonds. The van der Waals surface area contributed by atoms with E-state index in [2.05, 4.69) is 6.07 Å². The number of esters is 1. The van der Waals surface area contributed by atoms with Crippen molar-refractivity contribution < 1.29 is 28.1 Å². The lowest BCUT2D eigenvalue weighted by molar-refractivity contribution is -0.136. The number of ether oxygens (including phenoxy) is 4. The molecule has 0 bridgehead atoms. The molecule has 0 aromatic heterocycles. The Hall–Kier alpha value is -5.00. The molecule has 1 atom stereocenters. The summed E-state index contributed by atoms with van der Waals surface area (Å²) in [4.78, 5) is 12.5. The number of carbonyl (C=O) groups is 1. The van der Waals surface area contributed by atoms with Crippen LogP contribution < -0.4 is 24.7 Å². The van der Waals surface area contributed by atoms with E-state index in [0.29, 0.717) is 27.8 Å². The van der Waals surface area contributed by atoms with Gasteiger partial charge < -0.3 is 24.7 Å². The highest BCUT2D eigenvalue weighted by Gasteiger charge is 2.31. The van der Waals surface area contributed by atoms with Gasteiger partial charge in [0.2, 0.25) is 5.88 Å². The molecule has 42 heavy (non-hydrogen) atoms. The van der Waals surface area contributed by atoms with Crippen molar-refractivity contribution in [3.05, 3.63) is 129 Å². The molecule has 7 nitrogen and oxygen atoms in total. The SMILES string of the molecule is Cc1cc(OCC(=O)Oc2ccc3c(c2)OC(N)=C(C#N)C3c2ccc(OCc3ccc(F)cc3)cc2)cc(C)c1Cl. The summed E-state index contributed by atoms with van der Waals surface area (Å²) in [5, 5.41) is 10.5. The average molecular weight is 585 g/mol.